The summed E-state index contributed by atoms with van der Waals surface area (Å²) >= 11 is 5.91. The number of rotatable bonds is 5. The van der Waals surface area contributed by atoms with E-state index >= 15 is 0 Å². The molecule has 0 atom stereocenters. The molecule has 0 radical (unpaired) electrons. The molecule has 0 saturated heterocycles. The van der Waals surface area contributed by atoms with Gasteiger partial charge in [0.15, 0.2) is 17.8 Å². The van der Waals surface area contributed by atoms with E-state index in [1.54, 1.807) is 6.07 Å². The van der Waals surface area contributed by atoms with E-state index < -0.39 is 5.60 Å². The molecule has 1 saturated carbocycles. The van der Waals surface area contributed by atoms with Gasteiger partial charge < -0.3 is 14.6 Å². The predicted molar refractivity (Wildman–Crippen MR) is 76.9 cm³/mol. The first-order valence-corrected chi connectivity index (χ1v) is 7.14. The van der Waals surface area contributed by atoms with Gasteiger partial charge in [0.05, 0.1) is 18.3 Å². The van der Waals surface area contributed by atoms with Crippen molar-refractivity contribution in [3.63, 3.8) is 0 Å². The Labute approximate surface area is 123 Å². The van der Waals surface area contributed by atoms with Gasteiger partial charge in [-0.2, -0.15) is 0 Å². The van der Waals surface area contributed by atoms with Gasteiger partial charge in [-0.15, -0.1) is 0 Å². The van der Waals surface area contributed by atoms with Crippen LogP contribution in [0, 0.1) is 0 Å². The smallest absolute Gasteiger partial charge is 0.171 e. The van der Waals surface area contributed by atoms with Gasteiger partial charge in [-0.3, -0.25) is 4.79 Å². The molecule has 0 heterocycles. The molecule has 1 aliphatic carbocycles. The highest BCUT2D eigenvalue weighted by Gasteiger charge is 2.30. The van der Waals surface area contributed by atoms with Crippen LogP contribution in [0.3, 0.4) is 0 Å². The Hall–Kier alpha value is -1.26. The minimum atomic E-state index is -0.816. The topological polar surface area (TPSA) is 55.8 Å². The van der Waals surface area contributed by atoms with E-state index in [9.17, 15) is 9.90 Å². The summed E-state index contributed by atoms with van der Waals surface area (Å²) in [6, 6.07) is 3.12. The third kappa shape index (κ3) is 3.44. The maximum absolute atomic E-state index is 11.1. The second-order valence-corrected chi connectivity index (χ2v) is 5.65. The van der Waals surface area contributed by atoms with Gasteiger partial charge in [0.25, 0.3) is 0 Å². The lowest BCUT2D eigenvalue weighted by atomic mass is 9.85. The van der Waals surface area contributed by atoms with Crippen LogP contribution in [0.1, 0.15) is 42.5 Å². The standard InChI is InChI=1S/C15H19ClO4/c1-19-13-8-12(16)7-11(9-17)14(13)20-10-15(18)5-3-2-4-6-15/h7-9,18H,2-6,10H2,1H3. The molecule has 110 valence electrons. The molecule has 5 heteroatoms. The highest BCUT2D eigenvalue weighted by atomic mass is 35.5. The fourth-order valence-corrected chi connectivity index (χ4v) is 2.76. The molecular weight excluding hydrogens is 280 g/mol. The Morgan fingerprint density at radius 2 is 2.05 bits per heavy atom. The van der Waals surface area contributed by atoms with Crippen LogP contribution in [0.25, 0.3) is 0 Å². The van der Waals surface area contributed by atoms with Crippen molar-refractivity contribution >= 4 is 17.9 Å². The quantitative estimate of drug-likeness (QED) is 0.848. The van der Waals surface area contributed by atoms with Crippen LogP contribution in [0.4, 0.5) is 0 Å². The van der Waals surface area contributed by atoms with E-state index in [0.29, 0.717) is 28.4 Å². The molecule has 1 fully saturated rings. The van der Waals surface area contributed by atoms with Gasteiger partial charge in [-0.1, -0.05) is 30.9 Å². The Kier molecular flexibility index (Phi) is 4.89. The van der Waals surface area contributed by atoms with Gasteiger partial charge in [0.2, 0.25) is 0 Å². The van der Waals surface area contributed by atoms with E-state index in [2.05, 4.69) is 0 Å². The van der Waals surface area contributed by atoms with Crippen molar-refractivity contribution in [2.24, 2.45) is 0 Å². The molecule has 1 aliphatic rings. The monoisotopic (exact) mass is 298 g/mol. The van der Waals surface area contributed by atoms with E-state index in [4.69, 9.17) is 21.1 Å². The molecule has 0 amide bonds. The van der Waals surface area contributed by atoms with Crippen LogP contribution in [0.5, 0.6) is 11.5 Å². The Morgan fingerprint density at radius 3 is 2.65 bits per heavy atom. The number of benzene rings is 1. The summed E-state index contributed by atoms with van der Waals surface area (Å²) in [7, 11) is 1.49. The van der Waals surface area contributed by atoms with Crippen molar-refractivity contribution in [3.05, 3.63) is 22.7 Å². The second-order valence-electron chi connectivity index (χ2n) is 5.22. The van der Waals surface area contributed by atoms with Crippen LogP contribution in [0.2, 0.25) is 5.02 Å². The lowest BCUT2D eigenvalue weighted by Gasteiger charge is -2.32. The first-order chi connectivity index (χ1) is 9.58. The van der Waals surface area contributed by atoms with E-state index in [1.165, 1.54) is 13.2 Å². The van der Waals surface area contributed by atoms with Crippen molar-refractivity contribution in [2.45, 2.75) is 37.7 Å². The number of carbonyl (C=O) groups excluding carboxylic acids is 1. The number of ether oxygens (including phenoxy) is 2. The molecule has 1 aromatic carbocycles. The summed E-state index contributed by atoms with van der Waals surface area (Å²) in [6.07, 6.45) is 5.26. The zero-order valence-electron chi connectivity index (χ0n) is 11.5. The molecule has 0 unspecified atom stereocenters. The van der Waals surface area contributed by atoms with Crippen LogP contribution in [0.15, 0.2) is 12.1 Å². The fraction of sp³-hybridized carbons (Fsp3) is 0.533. The molecule has 1 N–H and O–H groups in total. The highest BCUT2D eigenvalue weighted by Crippen LogP contribution is 2.36. The van der Waals surface area contributed by atoms with Gasteiger partial charge >= 0.3 is 0 Å². The number of aldehydes is 1. The lowest BCUT2D eigenvalue weighted by Crippen LogP contribution is -2.38. The minimum Gasteiger partial charge on any atom is -0.493 e. The Morgan fingerprint density at radius 1 is 1.35 bits per heavy atom. The average molecular weight is 299 g/mol. The maximum Gasteiger partial charge on any atom is 0.171 e. The third-order valence-corrected chi connectivity index (χ3v) is 3.88. The van der Waals surface area contributed by atoms with Gasteiger partial charge in [0, 0.05) is 11.1 Å². The number of hydrogen-bond donors (Lipinski definition) is 1. The molecule has 0 aromatic heterocycles. The Bertz CT molecular complexity index is 481. The summed E-state index contributed by atoms with van der Waals surface area (Å²) in [6.45, 7) is 0.159. The van der Waals surface area contributed by atoms with Crippen molar-refractivity contribution in [1.29, 1.82) is 0 Å². The van der Waals surface area contributed by atoms with Crippen LogP contribution < -0.4 is 9.47 Å². The highest BCUT2D eigenvalue weighted by molar-refractivity contribution is 6.31. The van der Waals surface area contributed by atoms with Crippen molar-refractivity contribution in [2.75, 3.05) is 13.7 Å². The summed E-state index contributed by atoms with van der Waals surface area (Å²) in [4.78, 5) is 11.1. The molecule has 20 heavy (non-hydrogen) atoms. The van der Waals surface area contributed by atoms with E-state index in [-0.39, 0.29) is 6.61 Å². The number of methoxy groups -OCH3 is 1. The maximum atomic E-state index is 11.1. The van der Waals surface area contributed by atoms with Gasteiger partial charge in [-0.05, 0) is 18.9 Å². The molecule has 0 aliphatic heterocycles. The van der Waals surface area contributed by atoms with E-state index in [1.807, 2.05) is 0 Å². The zero-order chi connectivity index (χ0) is 14.6. The fourth-order valence-electron chi connectivity index (χ4n) is 2.54. The van der Waals surface area contributed by atoms with Crippen LogP contribution in [-0.2, 0) is 0 Å². The first kappa shape index (κ1) is 15.1. The van der Waals surface area contributed by atoms with Gasteiger partial charge in [0.1, 0.15) is 6.61 Å². The number of aliphatic hydroxyl groups is 1. The van der Waals surface area contributed by atoms with Crippen molar-refractivity contribution < 1.29 is 19.4 Å². The zero-order valence-corrected chi connectivity index (χ0v) is 12.3. The van der Waals surface area contributed by atoms with Crippen LogP contribution in [-0.4, -0.2) is 30.7 Å². The summed E-state index contributed by atoms with van der Waals surface area (Å²) in [5.41, 5.74) is -0.489. The second kappa shape index (κ2) is 6.46. The number of hydrogen-bond acceptors (Lipinski definition) is 4. The summed E-state index contributed by atoms with van der Waals surface area (Å²) in [5, 5.41) is 10.8. The van der Waals surface area contributed by atoms with Crippen molar-refractivity contribution in [1.82, 2.24) is 0 Å². The first-order valence-electron chi connectivity index (χ1n) is 6.76. The third-order valence-electron chi connectivity index (χ3n) is 3.66. The molecule has 0 bridgehead atoms. The molecule has 1 aromatic rings. The Balaban J connectivity index is 2.17. The van der Waals surface area contributed by atoms with Crippen LogP contribution >= 0.6 is 11.6 Å². The average Bonchev–Trinajstić information content (AvgIpc) is 2.45. The van der Waals surface area contributed by atoms with Gasteiger partial charge in [-0.25, -0.2) is 0 Å². The van der Waals surface area contributed by atoms with E-state index in [0.717, 1.165) is 32.1 Å². The minimum absolute atomic E-state index is 0.159. The predicted octanol–water partition coefficient (Wildman–Crippen LogP) is 3.24. The number of halogens is 1. The molecule has 2 rings (SSSR count). The number of carbonyl (C=O) groups is 1. The SMILES string of the molecule is COc1cc(Cl)cc(C=O)c1OCC1(O)CCCCC1. The largest absolute Gasteiger partial charge is 0.493 e. The normalized spacial score (nSPS) is 17.6. The summed E-state index contributed by atoms with van der Waals surface area (Å²) in [5.74, 6) is 0.741. The van der Waals surface area contributed by atoms with Crippen molar-refractivity contribution in [3.8, 4) is 11.5 Å². The molecule has 4 nitrogen and oxygen atoms in total. The molecule has 0 spiro atoms. The lowest BCUT2D eigenvalue weighted by molar-refractivity contribution is -0.0344. The molecular formula is C15H19ClO4. The summed E-state index contributed by atoms with van der Waals surface area (Å²) < 4.78 is 10.9.